The van der Waals surface area contributed by atoms with Crippen molar-refractivity contribution in [3.63, 3.8) is 0 Å². The van der Waals surface area contributed by atoms with Crippen LogP contribution in [0, 0.1) is 0 Å². The van der Waals surface area contributed by atoms with Crippen molar-refractivity contribution in [2.75, 3.05) is 6.61 Å². The van der Waals surface area contributed by atoms with Gasteiger partial charge in [-0.2, -0.15) is 0 Å². The van der Waals surface area contributed by atoms with E-state index in [1.165, 1.54) is 4.85 Å². The van der Waals surface area contributed by atoms with Crippen LogP contribution in [0.4, 0.5) is 0 Å². The van der Waals surface area contributed by atoms with Gasteiger partial charge in [0.1, 0.15) is 17.9 Å². The number of rotatable bonds is 2. The van der Waals surface area contributed by atoms with Crippen LogP contribution in [0.15, 0.2) is 24.4 Å². The number of benzene rings is 1. The monoisotopic (exact) mass is 178 g/mol. The summed E-state index contributed by atoms with van der Waals surface area (Å²) in [6.45, 7) is 2.43. The summed E-state index contributed by atoms with van der Waals surface area (Å²) in [5, 5.41) is 14.2. The van der Waals surface area contributed by atoms with Crippen molar-refractivity contribution in [1.82, 2.24) is 9.94 Å². The number of aromatic hydroxyl groups is 1. The van der Waals surface area contributed by atoms with E-state index in [4.69, 9.17) is 4.84 Å². The molecule has 0 aliphatic rings. The zero-order valence-electron chi connectivity index (χ0n) is 7.27. The van der Waals surface area contributed by atoms with Gasteiger partial charge in [-0.3, -0.25) is 0 Å². The maximum atomic E-state index is 9.24. The number of fused-ring (bicyclic) bond motifs is 1. The van der Waals surface area contributed by atoms with E-state index in [-0.39, 0.29) is 5.75 Å². The molecule has 0 fully saturated rings. The van der Waals surface area contributed by atoms with Crippen molar-refractivity contribution in [3.8, 4) is 5.75 Å². The molecule has 0 saturated heterocycles. The van der Waals surface area contributed by atoms with Gasteiger partial charge in [0.2, 0.25) is 0 Å². The molecule has 0 amide bonds. The topological polar surface area (TPSA) is 47.3 Å². The fraction of sp³-hybridized carbons (Fsp3) is 0.222. The van der Waals surface area contributed by atoms with Gasteiger partial charge in [-0.25, -0.2) is 0 Å². The Hall–Kier alpha value is -1.71. The van der Waals surface area contributed by atoms with E-state index in [0.717, 1.165) is 10.9 Å². The second-order valence-electron chi connectivity index (χ2n) is 2.68. The van der Waals surface area contributed by atoms with Crippen LogP contribution >= 0.6 is 0 Å². The highest BCUT2D eigenvalue weighted by atomic mass is 16.7. The second-order valence-corrected chi connectivity index (χ2v) is 2.68. The fourth-order valence-electron chi connectivity index (χ4n) is 1.21. The van der Waals surface area contributed by atoms with Crippen molar-refractivity contribution in [2.45, 2.75) is 6.92 Å². The first-order chi connectivity index (χ1) is 6.31. The molecule has 1 aromatic heterocycles. The number of nitrogens with zero attached hydrogens (tertiary/aromatic N) is 2. The minimum atomic E-state index is 0.217. The molecule has 0 spiro atoms. The molecule has 13 heavy (non-hydrogen) atoms. The number of hydrogen-bond acceptors (Lipinski definition) is 3. The summed E-state index contributed by atoms with van der Waals surface area (Å²) >= 11 is 0. The highest BCUT2D eigenvalue weighted by Gasteiger charge is 2.02. The van der Waals surface area contributed by atoms with Gasteiger partial charge in [0.05, 0.1) is 6.20 Å². The van der Waals surface area contributed by atoms with E-state index >= 15 is 0 Å². The summed E-state index contributed by atoms with van der Waals surface area (Å²) in [6, 6.07) is 5.05. The van der Waals surface area contributed by atoms with E-state index in [1.54, 1.807) is 24.4 Å². The Bertz CT molecular complexity index is 422. The van der Waals surface area contributed by atoms with E-state index in [1.807, 2.05) is 6.92 Å². The molecule has 4 heteroatoms. The minimum Gasteiger partial charge on any atom is -0.508 e. The van der Waals surface area contributed by atoms with Gasteiger partial charge in [-0.1, -0.05) is 4.85 Å². The zero-order valence-corrected chi connectivity index (χ0v) is 7.27. The van der Waals surface area contributed by atoms with Gasteiger partial charge < -0.3 is 9.94 Å². The number of aromatic nitrogens is 2. The Balaban J connectivity index is 2.58. The molecule has 0 bridgehead atoms. The molecule has 0 saturated carbocycles. The molecule has 0 atom stereocenters. The lowest BCUT2D eigenvalue weighted by atomic mass is 10.2. The summed E-state index contributed by atoms with van der Waals surface area (Å²) < 4.78 is 0. The Morgan fingerprint density at radius 1 is 1.54 bits per heavy atom. The van der Waals surface area contributed by atoms with Crippen molar-refractivity contribution < 1.29 is 9.94 Å². The molecular formula is C9H10N2O2. The molecule has 1 N–H and O–H groups in total. The van der Waals surface area contributed by atoms with Gasteiger partial charge in [0.25, 0.3) is 0 Å². The van der Waals surface area contributed by atoms with Crippen LogP contribution in [0.1, 0.15) is 6.92 Å². The van der Waals surface area contributed by atoms with Gasteiger partial charge in [-0.05, 0) is 19.1 Å². The zero-order chi connectivity index (χ0) is 9.26. The SMILES string of the molecule is CCOn1ncc2ccc(O)cc21. The van der Waals surface area contributed by atoms with E-state index in [2.05, 4.69) is 5.10 Å². The molecule has 0 aliphatic heterocycles. The van der Waals surface area contributed by atoms with Crippen LogP contribution in [0.3, 0.4) is 0 Å². The molecule has 1 aromatic carbocycles. The number of phenolic OH excluding ortho intramolecular Hbond substituents is 1. The highest BCUT2D eigenvalue weighted by molar-refractivity contribution is 5.79. The Morgan fingerprint density at radius 2 is 2.38 bits per heavy atom. The molecule has 0 unspecified atom stereocenters. The quantitative estimate of drug-likeness (QED) is 0.751. The maximum Gasteiger partial charge on any atom is 0.117 e. The predicted octanol–water partition coefficient (Wildman–Crippen LogP) is 1.19. The lowest BCUT2D eigenvalue weighted by Gasteiger charge is -2.02. The van der Waals surface area contributed by atoms with Crippen molar-refractivity contribution in [3.05, 3.63) is 24.4 Å². The van der Waals surface area contributed by atoms with Crippen LogP contribution < -0.4 is 4.84 Å². The number of hydrogen-bond donors (Lipinski definition) is 1. The summed E-state index contributed by atoms with van der Waals surface area (Å²) in [5.74, 6) is 0.217. The summed E-state index contributed by atoms with van der Waals surface area (Å²) in [5.41, 5.74) is 0.779. The first-order valence-electron chi connectivity index (χ1n) is 4.11. The molecule has 4 nitrogen and oxygen atoms in total. The summed E-state index contributed by atoms with van der Waals surface area (Å²) in [4.78, 5) is 6.62. The maximum absolute atomic E-state index is 9.24. The lowest BCUT2D eigenvalue weighted by Crippen LogP contribution is -2.11. The molecule has 0 radical (unpaired) electrons. The smallest absolute Gasteiger partial charge is 0.117 e. The van der Waals surface area contributed by atoms with Crippen molar-refractivity contribution in [2.24, 2.45) is 0 Å². The van der Waals surface area contributed by atoms with Crippen LogP contribution in [-0.4, -0.2) is 21.7 Å². The van der Waals surface area contributed by atoms with E-state index < -0.39 is 0 Å². The fourth-order valence-corrected chi connectivity index (χ4v) is 1.21. The first-order valence-corrected chi connectivity index (χ1v) is 4.11. The highest BCUT2D eigenvalue weighted by Crippen LogP contribution is 2.18. The molecule has 2 rings (SSSR count). The van der Waals surface area contributed by atoms with Crippen LogP contribution in [0.2, 0.25) is 0 Å². The average Bonchev–Trinajstić information content (AvgIpc) is 2.49. The van der Waals surface area contributed by atoms with Crippen molar-refractivity contribution in [1.29, 1.82) is 0 Å². The third-order valence-electron chi connectivity index (χ3n) is 1.77. The number of phenols is 1. The van der Waals surface area contributed by atoms with Gasteiger partial charge in [0, 0.05) is 11.5 Å². The molecule has 68 valence electrons. The molecule has 2 aromatic rings. The summed E-state index contributed by atoms with van der Waals surface area (Å²) in [7, 11) is 0. The van der Waals surface area contributed by atoms with Crippen LogP contribution in [0.5, 0.6) is 5.75 Å². The van der Waals surface area contributed by atoms with Gasteiger partial charge in [0.15, 0.2) is 0 Å². The third-order valence-corrected chi connectivity index (χ3v) is 1.77. The Kier molecular flexibility index (Phi) is 1.81. The third kappa shape index (κ3) is 1.30. The molecular weight excluding hydrogens is 168 g/mol. The van der Waals surface area contributed by atoms with Crippen LogP contribution in [0.25, 0.3) is 10.9 Å². The Morgan fingerprint density at radius 3 is 3.15 bits per heavy atom. The van der Waals surface area contributed by atoms with Crippen LogP contribution in [-0.2, 0) is 0 Å². The summed E-state index contributed by atoms with van der Waals surface area (Å²) in [6.07, 6.45) is 1.70. The Labute approximate surface area is 75.3 Å². The molecule has 0 aliphatic carbocycles. The second kappa shape index (κ2) is 2.97. The lowest BCUT2D eigenvalue weighted by molar-refractivity contribution is 0.103. The van der Waals surface area contributed by atoms with Gasteiger partial charge >= 0.3 is 0 Å². The first kappa shape index (κ1) is 7.91. The predicted molar refractivity (Wildman–Crippen MR) is 48.5 cm³/mol. The van der Waals surface area contributed by atoms with E-state index in [9.17, 15) is 5.11 Å². The van der Waals surface area contributed by atoms with E-state index in [0.29, 0.717) is 6.61 Å². The van der Waals surface area contributed by atoms with Gasteiger partial charge in [-0.15, -0.1) is 5.10 Å². The normalized spacial score (nSPS) is 10.5. The van der Waals surface area contributed by atoms with Crippen molar-refractivity contribution >= 4 is 10.9 Å². The largest absolute Gasteiger partial charge is 0.508 e. The molecule has 1 heterocycles. The minimum absolute atomic E-state index is 0.217. The standard InChI is InChI=1S/C9H10N2O2/c1-2-13-11-9-5-8(12)4-3-7(9)6-10-11/h3-6,12H,2H2,1H3. The average molecular weight is 178 g/mol.